The first kappa shape index (κ1) is 10.9. The molecule has 0 saturated carbocycles. The van der Waals surface area contributed by atoms with Gasteiger partial charge in [0.25, 0.3) is 0 Å². The molecule has 1 N–H and O–H groups in total. The van der Waals surface area contributed by atoms with Gasteiger partial charge in [-0.2, -0.15) is 0 Å². The maximum Gasteiger partial charge on any atom is 0.107 e. The fourth-order valence-electron chi connectivity index (χ4n) is 2.31. The van der Waals surface area contributed by atoms with Crippen LogP contribution < -0.4 is 5.32 Å². The molecule has 0 aromatic carbocycles. The molecule has 0 fully saturated rings. The van der Waals surface area contributed by atoms with Crippen molar-refractivity contribution < 1.29 is 0 Å². The number of hydrogen-bond acceptors (Lipinski definition) is 4. The Morgan fingerprint density at radius 3 is 3.29 bits per heavy atom. The molecule has 0 spiro atoms. The van der Waals surface area contributed by atoms with Crippen molar-refractivity contribution in [2.24, 2.45) is 0 Å². The Morgan fingerprint density at radius 2 is 2.47 bits per heavy atom. The molecule has 0 amide bonds. The first-order chi connectivity index (χ1) is 8.33. The zero-order valence-corrected chi connectivity index (χ0v) is 10.6. The lowest BCUT2D eigenvalue weighted by molar-refractivity contribution is 0.520. The second-order valence-electron chi connectivity index (χ2n) is 4.40. The van der Waals surface area contributed by atoms with Crippen LogP contribution in [0.15, 0.2) is 23.7 Å². The Labute approximate surface area is 105 Å². The summed E-state index contributed by atoms with van der Waals surface area (Å²) in [6.45, 7) is 2.88. The van der Waals surface area contributed by atoms with E-state index in [4.69, 9.17) is 0 Å². The van der Waals surface area contributed by atoms with Gasteiger partial charge in [0.1, 0.15) is 5.01 Å². The maximum absolute atomic E-state index is 4.48. The molecule has 0 bridgehead atoms. The van der Waals surface area contributed by atoms with Crippen LogP contribution in [0.5, 0.6) is 0 Å². The number of aryl methyl sites for hydroxylation is 2. The average molecular weight is 245 g/mol. The lowest BCUT2D eigenvalue weighted by Gasteiger charge is -2.11. The number of thiazole rings is 1. The lowest BCUT2D eigenvalue weighted by atomic mass is 10.2. The SMILES string of the molecule is Cc1csc(CNC2CCc3cccnc32)n1. The largest absolute Gasteiger partial charge is 0.302 e. The van der Waals surface area contributed by atoms with E-state index in [1.54, 1.807) is 11.3 Å². The van der Waals surface area contributed by atoms with E-state index in [2.05, 4.69) is 26.7 Å². The van der Waals surface area contributed by atoms with Gasteiger partial charge in [-0.05, 0) is 31.4 Å². The zero-order chi connectivity index (χ0) is 11.7. The second-order valence-corrected chi connectivity index (χ2v) is 5.35. The van der Waals surface area contributed by atoms with Gasteiger partial charge in [0.15, 0.2) is 0 Å². The summed E-state index contributed by atoms with van der Waals surface area (Å²) in [6.07, 6.45) is 4.17. The standard InChI is InChI=1S/C13H15N3S/c1-9-8-17-12(16-9)7-15-11-5-4-10-3-2-6-14-13(10)11/h2-3,6,8,11,15H,4-5,7H2,1H3. The van der Waals surface area contributed by atoms with Gasteiger partial charge in [-0.1, -0.05) is 6.07 Å². The van der Waals surface area contributed by atoms with E-state index in [1.165, 1.54) is 11.3 Å². The van der Waals surface area contributed by atoms with E-state index in [0.29, 0.717) is 6.04 Å². The Hall–Kier alpha value is -1.26. The van der Waals surface area contributed by atoms with Crippen molar-refractivity contribution >= 4 is 11.3 Å². The number of aromatic nitrogens is 2. The minimum Gasteiger partial charge on any atom is -0.302 e. The normalized spacial score (nSPS) is 18.3. The highest BCUT2D eigenvalue weighted by atomic mass is 32.1. The Balaban J connectivity index is 1.68. The van der Waals surface area contributed by atoms with E-state index in [-0.39, 0.29) is 0 Å². The van der Waals surface area contributed by atoms with Crippen LogP contribution in [0.1, 0.15) is 34.4 Å². The molecule has 0 aliphatic heterocycles. The molecule has 2 heterocycles. The van der Waals surface area contributed by atoms with Gasteiger partial charge in [0.2, 0.25) is 0 Å². The van der Waals surface area contributed by atoms with Gasteiger partial charge >= 0.3 is 0 Å². The molecular formula is C13H15N3S. The highest BCUT2D eigenvalue weighted by Gasteiger charge is 2.22. The van der Waals surface area contributed by atoms with Gasteiger partial charge < -0.3 is 5.32 Å². The van der Waals surface area contributed by atoms with Crippen molar-refractivity contribution in [2.45, 2.75) is 32.4 Å². The summed E-state index contributed by atoms with van der Waals surface area (Å²) in [4.78, 5) is 8.94. The van der Waals surface area contributed by atoms with Gasteiger partial charge in [-0.25, -0.2) is 4.98 Å². The van der Waals surface area contributed by atoms with E-state index >= 15 is 0 Å². The summed E-state index contributed by atoms with van der Waals surface area (Å²) in [5, 5.41) is 6.81. The van der Waals surface area contributed by atoms with Crippen molar-refractivity contribution in [2.75, 3.05) is 0 Å². The molecule has 3 rings (SSSR count). The van der Waals surface area contributed by atoms with Crippen LogP contribution in [0.25, 0.3) is 0 Å². The minimum atomic E-state index is 0.399. The van der Waals surface area contributed by atoms with Crippen molar-refractivity contribution in [3.63, 3.8) is 0 Å². The molecule has 1 atom stereocenters. The van der Waals surface area contributed by atoms with Crippen LogP contribution in [0.2, 0.25) is 0 Å². The predicted octanol–water partition coefficient (Wildman–Crippen LogP) is 2.62. The number of nitrogens with one attached hydrogen (secondary N) is 1. The van der Waals surface area contributed by atoms with Gasteiger partial charge in [0, 0.05) is 23.8 Å². The fourth-order valence-corrected chi connectivity index (χ4v) is 3.03. The number of rotatable bonds is 3. The third-order valence-corrected chi connectivity index (χ3v) is 4.09. The monoisotopic (exact) mass is 245 g/mol. The van der Waals surface area contributed by atoms with Gasteiger partial charge in [0.05, 0.1) is 11.7 Å². The van der Waals surface area contributed by atoms with Crippen LogP contribution in [0, 0.1) is 6.92 Å². The summed E-state index contributed by atoms with van der Waals surface area (Å²) >= 11 is 1.72. The van der Waals surface area contributed by atoms with Gasteiger partial charge in [-0.3, -0.25) is 4.98 Å². The third-order valence-electron chi connectivity index (χ3n) is 3.12. The molecule has 4 heteroatoms. The van der Waals surface area contributed by atoms with E-state index in [0.717, 1.165) is 30.1 Å². The summed E-state index contributed by atoms with van der Waals surface area (Å²) in [7, 11) is 0. The fraction of sp³-hybridized carbons (Fsp3) is 0.385. The summed E-state index contributed by atoms with van der Waals surface area (Å²) in [6, 6.07) is 4.60. The summed E-state index contributed by atoms with van der Waals surface area (Å²) in [5.74, 6) is 0. The summed E-state index contributed by atoms with van der Waals surface area (Å²) in [5.41, 5.74) is 3.72. The Bertz CT molecular complexity index is 521. The molecule has 2 aromatic rings. The topological polar surface area (TPSA) is 37.8 Å². The number of hydrogen-bond donors (Lipinski definition) is 1. The van der Waals surface area contributed by atoms with Crippen molar-refractivity contribution in [3.8, 4) is 0 Å². The van der Waals surface area contributed by atoms with E-state index < -0.39 is 0 Å². The average Bonchev–Trinajstić information content (AvgIpc) is 2.93. The van der Waals surface area contributed by atoms with Crippen LogP contribution >= 0.6 is 11.3 Å². The summed E-state index contributed by atoms with van der Waals surface area (Å²) < 4.78 is 0. The third kappa shape index (κ3) is 2.23. The van der Waals surface area contributed by atoms with Crippen LogP contribution in [0.4, 0.5) is 0 Å². The van der Waals surface area contributed by atoms with Gasteiger partial charge in [-0.15, -0.1) is 11.3 Å². The molecule has 1 aliphatic carbocycles. The van der Waals surface area contributed by atoms with Crippen LogP contribution in [-0.4, -0.2) is 9.97 Å². The molecule has 2 aromatic heterocycles. The Morgan fingerprint density at radius 1 is 1.53 bits per heavy atom. The number of fused-ring (bicyclic) bond motifs is 1. The molecule has 1 aliphatic rings. The maximum atomic E-state index is 4.48. The van der Waals surface area contributed by atoms with E-state index in [1.807, 2.05) is 19.2 Å². The number of nitrogens with zero attached hydrogens (tertiary/aromatic N) is 2. The number of pyridine rings is 1. The van der Waals surface area contributed by atoms with Crippen LogP contribution in [-0.2, 0) is 13.0 Å². The molecule has 88 valence electrons. The highest BCUT2D eigenvalue weighted by Crippen LogP contribution is 2.29. The van der Waals surface area contributed by atoms with E-state index in [9.17, 15) is 0 Å². The molecule has 3 nitrogen and oxygen atoms in total. The predicted molar refractivity (Wildman–Crippen MR) is 69.0 cm³/mol. The molecular weight excluding hydrogens is 230 g/mol. The lowest BCUT2D eigenvalue weighted by Crippen LogP contribution is -2.19. The van der Waals surface area contributed by atoms with Crippen molar-refractivity contribution in [1.82, 2.24) is 15.3 Å². The Kier molecular flexibility index (Phi) is 2.91. The highest BCUT2D eigenvalue weighted by molar-refractivity contribution is 7.09. The minimum absolute atomic E-state index is 0.399. The molecule has 17 heavy (non-hydrogen) atoms. The first-order valence-corrected chi connectivity index (χ1v) is 6.79. The molecule has 1 unspecified atom stereocenters. The van der Waals surface area contributed by atoms with Crippen molar-refractivity contribution in [1.29, 1.82) is 0 Å². The molecule has 0 radical (unpaired) electrons. The quantitative estimate of drug-likeness (QED) is 0.903. The second kappa shape index (κ2) is 4.55. The van der Waals surface area contributed by atoms with Crippen LogP contribution in [0.3, 0.4) is 0 Å². The zero-order valence-electron chi connectivity index (χ0n) is 9.81. The smallest absolute Gasteiger partial charge is 0.107 e. The first-order valence-electron chi connectivity index (χ1n) is 5.91. The van der Waals surface area contributed by atoms with Crippen molar-refractivity contribution in [3.05, 3.63) is 45.7 Å². The molecule has 0 saturated heterocycles.